The van der Waals surface area contributed by atoms with Crippen LogP contribution in [0.4, 0.5) is 0 Å². The van der Waals surface area contributed by atoms with Crippen LogP contribution in [0.2, 0.25) is 0 Å². The minimum atomic E-state index is -3.39. The van der Waals surface area contributed by atoms with Crippen LogP contribution in [0.5, 0.6) is 0 Å². The van der Waals surface area contributed by atoms with Crippen LogP contribution >= 0.6 is 7.14 Å². The molecule has 1 amide bonds. The van der Waals surface area contributed by atoms with Gasteiger partial charge in [0, 0.05) is 10.6 Å². The molecule has 1 N–H and O–H groups in total. The van der Waals surface area contributed by atoms with Crippen LogP contribution in [0.15, 0.2) is 73.3 Å². The van der Waals surface area contributed by atoms with E-state index in [1.807, 2.05) is 12.1 Å². The molecule has 0 saturated carbocycles. The normalized spacial score (nSPS) is 12.2. The maximum absolute atomic E-state index is 13.9. The molecule has 0 bridgehead atoms. The van der Waals surface area contributed by atoms with Crippen LogP contribution in [0.3, 0.4) is 0 Å². The Kier molecular flexibility index (Phi) is 5.30. The van der Waals surface area contributed by atoms with Gasteiger partial charge in [0.05, 0.1) is 0 Å². The highest BCUT2D eigenvalue weighted by Gasteiger charge is 2.40. The summed E-state index contributed by atoms with van der Waals surface area (Å²) in [6, 6.07) is 17.5. The van der Waals surface area contributed by atoms with Crippen molar-refractivity contribution in [3.8, 4) is 0 Å². The quantitative estimate of drug-likeness (QED) is 0.654. The van der Waals surface area contributed by atoms with Gasteiger partial charge >= 0.3 is 0 Å². The number of nitrogens with one attached hydrogen (secondary N) is 1. The smallest absolute Gasteiger partial charge is 0.244 e. The highest BCUT2D eigenvalue weighted by atomic mass is 31.2. The number of rotatable bonds is 6. The Morgan fingerprint density at radius 1 is 1.00 bits per heavy atom. The highest BCUT2D eigenvalue weighted by Crippen LogP contribution is 2.47. The predicted molar refractivity (Wildman–Crippen MR) is 92.6 cm³/mol. The molecule has 0 spiro atoms. The number of carbonyl (C=O) groups is 2. The van der Waals surface area contributed by atoms with E-state index in [-0.39, 0.29) is 5.78 Å². The first-order valence-corrected chi connectivity index (χ1v) is 8.92. The van der Waals surface area contributed by atoms with Crippen molar-refractivity contribution in [3.05, 3.63) is 73.3 Å². The summed E-state index contributed by atoms with van der Waals surface area (Å²) in [5, 5.41) is 3.58. The molecular weight excluding hydrogens is 309 g/mol. The lowest BCUT2D eigenvalue weighted by atomic mass is 10.4. The molecule has 0 aliphatic rings. The van der Waals surface area contributed by atoms with Gasteiger partial charge in [0.2, 0.25) is 5.91 Å². The second-order valence-corrected chi connectivity index (χ2v) is 7.92. The number of ketones is 1. The lowest BCUT2D eigenvalue weighted by Crippen LogP contribution is -2.43. The van der Waals surface area contributed by atoms with E-state index in [1.54, 1.807) is 48.5 Å². The number of hydrogen-bond donors (Lipinski definition) is 1. The Bertz CT molecular complexity index is 713. The van der Waals surface area contributed by atoms with Crippen molar-refractivity contribution >= 4 is 29.4 Å². The fraction of sp³-hybridized carbons (Fsp3) is 0.111. The molecule has 0 fully saturated rings. The van der Waals surface area contributed by atoms with E-state index in [0.717, 1.165) is 6.08 Å². The van der Waals surface area contributed by atoms with Crippen LogP contribution in [-0.4, -0.2) is 17.5 Å². The third kappa shape index (κ3) is 3.49. The van der Waals surface area contributed by atoms with Gasteiger partial charge in [0.1, 0.15) is 5.78 Å². The zero-order valence-corrected chi connectivity index (χ0v) is 13.7. The number of amides is 1. The first-order valence-electron chi connectivity index (χ1n) is 7.14. The minimum Gasteiger partial charge on any atom is -0.336 e. The summed E-state index contributed by atoms with van der Waals surface area (Å²) >= 11 is 0. The molecule has 0 aliphatic carbocycles. The van der Waals surface area contributed by atoms with E-state index in [1.165, 1.54) is 6.92 Å². The first-order chi connectivity index (χ1) is 11.0. The average molecular weight is 327 g/mol. The molecule has 2 rings (SSSR count). The summed E-state index contributed by atoms with van der Waals surface area (Å²) in [5.74, 6) is -2.02. The van der Waals surface area contributed by atoms with Crippen molar-refractivity contribution in [1.82, 2.24) is 5.32 Å². The maximum Gasteiger partial charge on any atom is 0.244 e. The average Bonchev–Trinajstić information content (AvgIpc) is 2.60. The SMILES string of the molecule is C=CC(=O)NC(C(C)=O)P(=O)(c1ccccc1)c1ccccc1. The molecule has 5 heteroatoms. The third-order valence-corrected chi connectivity index (χ3v) is 6.84. The van der Waals surface area contributed by atoms with Crippen molar-refractivity contribution in [3.63, 3.8) is 0 Å². The number of carbonyl (C=O) groups excluding carboxylic acids is 2. The fourth-order valence-electron chi connectivity index (χ4n) is 2.39. The summed E-state index contributed by atoms with van der Waals surface area (Å²) in [4.78, 5) is 23.9. The summed E-state index contributed by atoms with van der Waals surface area (Å²) < 4.78 is 13.9. The summed E-state index contributed by atoms with van der Waals surface area (Å²) in [6.07, 6.45) is 1.07. The summed E-state index contributed by atoms with van der Waals surface area (Å²) in [6.45, 7) is 4.71. The van der Waals surface area contributed by atoms with Crippen molar-refractivity contribution in [2.45, 2.75) is 12.7 Å². The predicted octanol–water partition coefficient (Wildman–Crippen LogP) is 2.22. The first kappa shape index (κ1) is 16.9. The maximum atomic E-state index is 13.9. The molecule has 4 nitrogen and oxygen atoms in total. The zero-order valence-electron chi connectivity index (χ0n) is 12.8. The van der Waals surface area contributed by atoms with Gasteiger partial charge in [-0.05, 0) is 13.0 Å². The third-order valence-electron chi connectivity index (χ3n) is 3.49. The molecule has 23 heavy (non-hydrogen) atoms. The van der Waals surface area contributed by atoms with E-state index in [2.05, 4.69) is 11.9 Å². The van der Waals surface area contributed by atoms with Gasteiger partial charge in [-0.15, -0.1) is 0 Å². The zero-order chi connectivity index (χ0) is 16.9. The Hall–Kier alpha value is -2.45. The van der Waals surface area contributed by atoms with Gasteiger partial charge in [-0.3, -0.25) is 9.59 Å². The van der Waals surface area contributed by atoms with E-state index in [9.17, 15) is 14.2 Å². The summed E-state index contributed by atoms with van der Waals surface area (Å²) in [7, 11) is -3.39. The molecular formula is C18H18NO3P. The second kappa shape index (κ2) is 7.21. The molecule has 2 aromatic rings. The van der Waals surface area contributed by atoms with E-state index in [4.69, 9.17) is 0 Å². The monoisotopic (exact) mass is 327 g/mol. The van der Waals surface area contributed by atoms with Crippen LogP contribution in [0, 0.1) is 0 Å². The van der Waals surface area contributed by atoms with Crippen molar-refractivity contribution < 1.29 is 14.2 Å². The minimum absolute atomic E-state index is 0.365. The highest BCUT2D eigenvalue weighted by molar-refractivity contribution is 7.80. The van der Waals surface area contributed by atoms with Crippen LogP contribution in [0.25, 0.3) is 0 Å². The molecule has 0 heterocycles. The Morgan fingerprint density at radius 2 is 1.43 bits per heavy atom. The fourth-order valence-corrected chi connectivity index (χ4v) is 5.33. The number of benzene rings is 2. The van der Waals surface area contributed by atoms with Gasteiger partial charge < -0.3 is 9.88 Å². The molecule has 0 saturated heterocycles. The second-order valence-electron chi connectivity index (χ2n) is 5.05. The largest absolute Gasteiger partial charge is 0.336 e. The summed E-state index contributed by atoms with van der Waals surface area (Å²) in [5.41, 5.74) is 0. The Balaban J connectivity index is 2.66. The lowest BCUT2D eigenvalue weighted by Gasteiger charge is -2.27. The van der Waals surface area contributed by atoms with Crippen molar-refractivity contribution in [2.24, 2.45) is 0 Å². The van der Waals surface area contributed by atoms with Gasteiger partial charge in [0.25, 0.3) is 0 Å². The van der Waals surface area contributed by atoms with E-state index >= 15 is 0 Å². The van der Waals surface area contributed by atoms with Gasteiger partial charge in [-0.2, -0.15) is 0 Å². The van der Waals surface area contributed by atoms with E-state index in [0.29, 0.717) is 10.6 Å². The molecule has 0 aliphatic heterocycles. The topological polar surface area (TPSA) is 63.2 Å². The molecule has 0 aromatic heterocycles. The van der Waals surface area contributed by atoms with E-state index < -0.39 is 18.8 Å². The molecule has 118 valence electrons. The number of hydrogen-bond acceptors (Lipinski definition) is 3. The van der Waals surface area contributed by atoms with Crippen LogP contribution < -0.4 is 15.9 Å². The Labute approximate surface area is 135 Å². The van der Waals surface area contributed by atoms with Crippen LogP contribution in [0.1, 0.15) is 6.92 Å². The van der Waals surface area contributed by atoms with Gasteiger partial charge in [0.15, 0.2) is 12.9 Å². The lowest BCUT2D eigenvalue weighted by molar-refractivity contribution is -0.122. The van der Waals surface area contributed by atoms with Crippen molar-refractivity contribution in [2.75, 3.05) is 0 Å². The standard InChI is InChI=1S/C18H18NO3P/c1-3-17(21)19-18(14(2)20)23(22,15-10-6-4-7-11-15)16-12-8-5-9-13-16/h3-13,18H,1H2,2H3,(H,19,21). The molecule has 0 radical (unpaired) electrons. The van der Waals surface area contributed by atoms with Crippen LogP contribution in [-0.2, 0) is 14.2 Å². The van der Waals surface area contributed by atoms with Crippen molar-refractivity contribution in [1.29, 1.82) is 0 Å². The van der Waals surface area contributed by atoms with Gasteiger partial charge in [-0.25, -0.2) is 0 Å². The molecule has 1 atom stereocenters. The molecule has 1 unspecified atom stereocenters. The molecule has 2 aromatic carbocycles. The number of Topliss-reactive ketones (excluding diaryl/α,β-unsaturated/α-hetero) is 1. The Morgan fingerprint density at radius 3 is 1.78 bits per heavy atom. The van der Waals surface area contributed by atoms with Gasteiger partial charge in [-0.1, -0.05) is 67.2 Å².